The first-order valence-electron chi connectivity index (χ1n) is 23.6. The number of anilines is 2. The van der Waals surface area contributed by atoms with Crippen LogP contribution in [0.2, 0.25) is 0 Å². The zero-order valence-corrected chi connectivity index (χ0v) is 37.2. The van der Waals surface area contributed by atoms with Crippen LogP contribution in [0.25, 0.3) is 0 Å². The van der Waals surface area contributed by atoms with Gasteiger partial charge in [0.2, 0.25) is 17.7 Å². The van der Waals surface area contributed by atoms with Gasteiger partial charge >= 0.3 is 0 Å². The molecule has 0 spiro atoms. The van der Waals surface area contributed by atoms with Crippen LogP contribution in [0.1, 0.15) is 94.3 Å². The molecule has 0 bridgehead atoms. The molecule has 5 fully saturated rings. The summed E-state index contributed by atoms with van der Waals surface area (Å²) in [7, 11) is 4.35. The van der Waals surface area contributed by atoms with E-state index >= 15 is 0 Å². The number of nitrogens with zero attached hydrogens (tertiary/aromatic N) is 7. The molecule has 0 saturated carbocycles. The maximum atomic E-state index is 15.0. The number of halogens is 1. The number of carbonyl (C=O) groups excluding carboxylic acids is 5. The summed E-state index contributed by atoms with van der Waals surface area (Å²) in [4.78, 5) is 79.6. The standard InChI is InChI=1S/C50H61FN8O5/c1-53(2)44-31-58(42-13-8-34-4-3-5-41(51)46(34)42)30-40(44)33-6-9-36(10-7-33)56-26-24-54(25-27-56)29-32-16-20-57(21-17-32)48(62)35-18-22-55(23-19-35)37-11-12-38-39(28-37)50(64)59(49(38)63)43-14-15-45(60)52-47(43)61/h3-7,9-12,28,32,35,40,42-44H,8,13-27,29-31H2,1-2H3,(H,52,60,61)/t40-,42?,43?,44+/m1/s1. The van der Waals surface area contributed by atoms with Gasteiger partial charge < -0.3 is 19.6 Å². The monoisotopic (exact) mass is 872 g/mol. The second-order valence-corrected chi connectivity index (χ2v) is 19.5. The van der Waals surface area contributed by atoms with Crippen LogP contribution in [0.4, 0.5) is 15.8 Å². The zero-order chi connectivity index (χ0) is 44.2. The summed E-state index contributed by atoms with van der Waals surface area (Å²) in [5.74, 6) is -0.901. The molecule has 5 amide bonds. The lowest BCUT2D eigenvalue weighted by atomic mass is 9.91. The highest BCUT2D eigenvalue weighted by molar-refractivity contribution is 6.23. The molecule has 7 aliphatic rings. The van der Waals surface area contributed by atoms with Gasteiger partial charge in [-0.15, -0.1) is 0 Å². The van der Waals surface area contributed by atoms with Gasteiger partial charge in [-0.3, -0.25) is 44.0 Å². The van der Waals surface area contributed by atoms with Crippen molar-refractivity contribution < 1.29 is 28.4 Å². The molecule has 4 atom stereocenters. The molecule has 338 valence electrons. The smallest absolute Gasteiger partial charge is 0.262 e. The van der Waals surface area contributed by atoms with Gasteiger partial charge in [-0.25, -0.2) is 4.39 Å². The van der Waals surface area contributed by atoms with Crippen molar-refractivity contribution in [1.82, 2.24) is 29.8 Å². The molecule has 14 heteroatoms. The predicted molar refractivity (Wildman–Crippen MR) is 242 cm³/mol. The Bertz CT molecular complexity index is 2300. The Morgan fingerprint density at radius 2 is 1.41 bits per heavy atom. The fourth-order valence-electron chi connectivity index (χ4n) is 12.0. The normalized spacial score (nSPS) is 26.3. The van der Waals surface area contributed by atoms with Crippen molar-refractivity contribution in [3.8, 4) is 0 Å². The Kier molecular flexibility index (Phi) is 11.8. The van der Waals surface area contributed by atoms with Crippen LogP contribution in [0.3, 0.4) is 0 Å². The number of hydrogen-bond acceptors (Lipinski definition) is 10. The first-order chi connectivity index (χ1) is 31.0. The molecular weight excluding hydrogens is 812 g/mol. The first-order valence-corrected chi connectivity index (χ1v) is 23.6. The average molecular weight is 873 g/mol. The van der Waals surface area contributed by atoms with Gasteiger partial charge in [0.25, 0.3) is 11.8 Å². The number of aryl methyl sites for hydroxylation is 1. The molecule has 2 unspecified atom stereocenters. The van der Waals surface area contributed by atoms with Crippen molar-refractivity contribution >= 4 is 40.9 Å². The topological polar surface area (TPSA) is 120 Å². The number of amides is 5. The Hall–Kier alpha value is -5.18. The molecule has 1 aliphatic carbocycles. The van der Waals surface area contributed by atoms with E-state index in [1.54, 1.807) is 18.2 Å². The molecule has 0 radical (unpaired) electrons. The molecule has 1 N–H and O–H groups in total. The van der Waals surface area contributed by atoms with Crippen molar-refractivity contribution in [2.24, 2.45) is 11.8 Å². The lowest BCUT2D eigenvalue weighted by molar-refractivity contribution is -0.138. The lowest BCUT2D eigenvalue weighted by Crippen LogP contribution is -2.54. The zero-order valence-electron chi connectivity index (χ0n) is 37.2. The molecular formula is C50H61FN8O5. The minimum Gasteiger partial charge on any atom is -0.371 e. The highest BCUT2D eigenvalue weighted by Gasteiger charge is 2.45. The van der Waals surface area contributed by atoms with E-state index in [2.05, 4.69) is 79.1 Å². The number of hydrogen-bond donors (Lipinski definition) is 1. The Morgan fingerprint density at radius 1 is 0.719 bits per heavy atom. The largest absolute Gasteiger partial charge is 0.371 e. The minimum absolute atomic E-state index is 0.0288. The van der Waals surface area contributed by atoms with Crippen LogP contribution in [-0.2, 0) is 20.8 Å². The quantitative estimate of drug-likeness (QED) is 0.308. The number of rotatable bonds is 9. The average Bonchev–Trinajstić information content (AvgIpc) is 4.02. The third kappa shape index (κ3) is 8.10. The van der Waals surface area contributed by atoms with Crippen LogP contribution in [-0.4, -0.2) is 152 Å². The van der Waals surface area contributed by atoms with E-state index in [9.17, 15) is 28.4 Å². The number of likely N-dealkylation sites (N-methyl/N-ethyl adjacent to an activating group) is 1. The Balaban J connectivity index is 0.661. The lowest BCUT2D eigenvalue weighted by Gasteiger charge is -2.41. The van der Waals surface area contributed by atoms with Gasteiger partial charge in [0, 0.05) is 119 Å². The maximum absolute atomic E-state index is 15.0. The maximum Gasteiger partial charge on any atom is 0.262 e. The summed E-state index contributed by atoms with van der Waals surface area (Å²) in [5.41, 5.74) is 6.10. The summed E-state index contributed by atoms with van der Waals surface area (Å²) >= 11 is 0. The number of nitrogens with one attached hydrogen (secondary N) is 1. The van der Waals surface area contributed by atoms with E-state index < -0.39 is 29.7 Å². The second-order valence-electron chi connectivity index (χ2n) is 19.5. The van der Waals surface area contributed by atoms with Gasteiger partial charge in [0.15, 0.2) is 0 Å². The number of benzene rings is 3. The molecule has 3 aromatic rings. The SMILES string of the molecule is CN(C)[C@H]1CN(C2CCc3cccc(F)c32)C[C@@H]1c1ccc(N2CCN(CC3CCN(C(=O)C4CCN(c5ccc6c(c5)C(=O)N(C5CCC(=O)NC5=O)C6=O)CC4)CC3)CC2)cc1. The van der Waals surface area contributed by atoms with Gasteiger partial charge in [0.1, 0.15) is 11.9 Å². The highest BCUT2D eigenvalue weighted by Crippen LogP contribution is 2.43. The number of piperidine rings is 3. The van der Waals surface area contributed by atoms with Crippen molar-refractivity contribution in [3.63, 3.8) is 0 Å². The van der Waals surface area contributed by atoms with Crippen molar-refractivity contribution in [2.45, 2.75) is 75.4 Å². The van der Waals surface area contributed by atoms with Crippen LogP contribution in [0.15, 0.2) is 60.7 Å². The van der Waals surface area contributed by atoms with Crippen LogP contribution < -0.4 is 15.1 Å². The predicted octanol–water partition coefficient (Wildman–Crippen LogP) is 4.52. The van der Waals surface area contributed by atoms with Crippen molar-refractivity contribution in [3.05, 3.63) is 94.3 Å². The summed E-state index contributed by atoms with van der Waals surface area (Å²) in [5, 5.41) is 2.24. The van der Waals surface area contributed by atoms with Crippen molar-refractivity contribution in [1.29, 1.82) is 0 Å². The molecule has 10 rings (SSSR count). The summed E-state index contributed by atoms with van der Waals surface area (Å²) in [6.45, 7) is 9.99. The minimum atomic E-state index is -0.990. The van der Waals surface area contributed by atoms with E-state index in [0.717, 1.165) is 114 Å². The van der Waals surface area contributed by atoms with Gasteiger partial charge in [-0.2, -0.15) is 0 Å². The molecule has 6 aliphatic heterocycles. The number of fused-ring (bicyclic) bond motifs is 2. The molecule has 6 heterocycles. The number of imide groups is 2. The van der Waals surface area contributed by atoms with E-state index in [-0.39, 0.29) is 47.7 Å². The van der Waals surface area contributed by atoms with E-state index in [0.29, 0.717) is 31.0 Å². The van der Waals surface area contributed by atoms with Crippen LogP contribution in [0, 0.1) is 17.7 Å². The fraction of sp³-hybridized carbons (Fsp3) is 0.540. The number of likely N-dealkylation sites (tertiary alicyclic amines) is 2. The molecule has 0 aromatic heterocycles. The summed E-state index contributed by atoms with van der Waals surface area (Å²) in [6.07, 6.45) is 5.66. The Morgan fingerprint density at radius 3 is 2.12 bits per heavy atom. The molecule has 5 saturated heterocycles. The van der Waals surface area contributed by atoms with E-state index in [1.165, 1.54) is 16.8 Å². The van der Waals surface area contributed by atoms with E-state index in [1.807, 2.05) is 12.1 Å². The first kappa shape index (κ1) is 42.8. The van der Waals surface area contributed by atoms with Gasteiger partial charge in [-0.1, -0.05) is 24.3 Å². The number of piperazine rings is 1. The van der Waals surface area contributed by atoms with Crippen molar-refractivity contribution in [2.75, 3.05) is 95.9 Å². The Labute approximate surface area is 375 Å². The van der Waals surface area contributed by atoms with Gasteiger partial charge in [0.05, 0.1) is 11.1 Å². The molecule has 3 aromatic carbocycles. The fourth-order valence-corrected chi connectivity index (χ4v) is 12.0. The second kappa shape index (κ2) is 17.7. The summed E-state index contributed by atoms with van der Waals surface area (Å²) in [6, 6.07) is 19.6. The third-order valence-electron chi connectivity index (χ3n) is 15.7. The molecule has 64 heavy (non-hydrogen) atoms. The highest BCUT2D eigenvalue weighted by atomic mass is 19.1. The third-order valence-corrected chi connectivity index (χ3v) is 15.7. The van der Waals surface area contributed by atoms with Crippen LogP contribution >= 0.6 is 0 Å². The van der Waals surface area contributed by atoms with E-state index in [4.69, 9.17) is 0 Å². The molecule has 13 nitrogen and oxygen atoms in total. The van der Waals surface area contributed by atoms with Crippen LogP contribution in [0.5, 0.6) is 0 Å². The van der Waals surface area contributed by atoms with Gasteiger partial charge in [-0.05, 0) is 112 Å². The summed E-state index contributed by atoms with van der Waals surface area (Å²) < 4.78 is 15.0. The number of carbonyl (C=O) groups is 5.